The maximum atomic E-state index is 11.6. The first-order chi connectivity index (χ1) is 13.0. The summed E-state index contributed by atoms with van der Waals surface area (Å²) in [6.45, 7) is 3.87. The predicted molar refractivity (Wildman–Crippen MR) is 103 cm³/mol. The molecule has 0 aromatic carbocycles. The van der Waals surface area contributed by atoms with Crippen molar-refractivity contribution in [1.29, 1.82) is 0 Å². The number of carbonyl (C=O) groups is 1. The average Bonchev–Trinajstić information content (AvgIpc) is 2.67. The van der Waals surface area contributed by atoms with E-state index in [4.69, 9.17) is 4.74 Å². The number of anilines is 1. The van der Waals surface area contributed by atoms with Gasteiger partial charge in [0.05, 0.1) is 17.5 Å². The molecule has 0 fully saturated rings. The largest absolute Gasteiger partial charge is 0.387 e. The van der Waals surface area contributed by atoms with Crippen LogP contribution in [-0.2, 0) is 9.53 Å². The minimum atomic E-state index is -0.557. The number of nitrogens with zero attached hydrogens (tertiary/aromatic N) is 3. The summed E-state index contributed by atoms with van der Waals surface area (Å²) in [5.41, 5.74) is 3.35. The van der Waals surface area contributed by atoms with Crippen molar-refractivity contribution in [2.45, 2.75) is 26.4 Å². The number of fused-ring (bicyclic) bond motifs is 1. The summed E-state index contributed by atoms with van der Waals surface area (Å²) in [5.74, 6) is 0.194. The van der Waals surface area contributed by atoms with Gasteiger partial charge in [0.25, 0.3) is 5.91 Å². The third-order valence-corrected chi connectivity index (χ3v) is 4.28. The van der Waals surface area contributed by atoms with Crippen LogP contribution in [0, 0.1) is 6.92 Å². The number of aromatic nitrogens is 3. The summed E-state index contributed by atoms with van der Waals surface area (Å²) in [6.07, 6.45) is 5.24. The van der Waals surface area contributed by atoms with Crippen molar-refractivity contribution < 1.29 is 14.6 Å². The van der Waals surface area contributed by atoms with Crippen LogP contribution < -0.4 is 5.32 Å². The zero-order valence-electron chi connectivity index (χ0n) is 15.6. The van der Waals surface area contributed by atoms with E-state index in [2.05, 4.69) is 20.3 Å². The molecule has 0 unspecified atom stereocenters. The van der Waals surface area contributed by atoms with Crippen LogP contribution in [0.15, 0.2) is 36.8 Å². The third kappa shape index (κ3) is 4.27. The standard InChI is InChI=1S/C20H22N4O3/c1-4-18(25)17-5-12(2)15(10-22-17)16-6-13-9-23-19(7-14(13)8-21-16)24-20(26)11-27-3/h5-10,18,25H,4,11H2,1-3H3,(H,23,24,26)/t18-/m0/s1. The molecule has 0 aliphatic rings. The minimum Gasteiger partial charge on any atom is -0.387 e. The molecule has 0 spiro atoms. The van der Waals surface area contributed by atoms with Crippen LogP contribution in [-0.4, -0.2) is 39.7 Å². The first kappa shape index (κ1) is 18.9. The lowest BCUT2D eigenvalue weighted by Gasteiger charge is -2.11. The second-order valence-electron chi connectivity index (χ2n) is 6.32. The number of hydrogen-bond donors (Lipinski definition) is 2. The van der Waals surface area contributed by atoms with Crippen LogP contribution in [0.4, 0.5) is 5.82 Å². The molecule has 140 valence electrons. The first-order valence-electron chi connectivity index (χ1n) is 8.71. The fourth-order valence-corrected chi connectivity index (χ4v) is 2.80. The molecule has 0 aliphatic heterocycles. The SMILES string of the molecule is CC[C@H](O)c1cc(C)c(-c2cc3cnc(NC(=O)COC)cc3cn2)cn1. The summed E-state index contributed by atoms with van der Waals surface area (Å²) in [5, 5.41) is 14.4. The summed E-state index contributed by atoms with van der Waals surface area (Å²) < 4.78 is 4.80. The third-order valence-electron chi connectivity index (χ3n) is 4.28. The monoisotopic (exact) mass is 366 g/mol. The smallest absolute Gasteiger partial charge is 0.251 e. The molecule has 2 N–H and O–H groups in total. The topological polar surface area (TPSA) is 97.2 Å². The Balaban J connectivity index is 1.90. The maximum Gasteiger partial charge on any atom is 0.251 e. The first-order valence-corrected chi connectivity index (χ1v) is 8.71. The minimum absolute atomic E-state index is 0.0219. The molecule has 3 aromatic heterocycles. The Bertz CT molecular complexity index is 975. The number of hydrogen-bond acceptors (Lipinski definition) is 6. The zero-order valence-corrected chi connectivity index (χ0v) is 15.6. The number of aliphatic hydroxyl groups excluding tert-OH is 1. The Morgan fingerprint density at radius 3 is 2.59 bits per heavy atom. The van der Waals surface area contributed by atoms with E-state index in [1.807, 2.05) is 26.0 Å². The van der Waals surface area contributed by atoms with Gasteiger partial charge < -0.3 is 15.2 Å². The van der Waals surface area contributed by atoms with Crippen LogP contribution in [0.5, 0.6) is 0 Å². The second kappa shape index (κ2) is 8.20. The summed E-state index contributed by atoms with van der Waals surface area (Å²) in [4.78, 5) is 24.8. The van der Waals surface area contributed by atoms with E-state index < -0.39 is 6.10 Å². The number of nitrogens with one attached hydrogen (secondary N) is 1. The number of ether oxygens (including phenoxy) is 1. The number of aliphatic hydroxyl groups is 1. The quantitative estimate of drug-likeness (QED) is 0.696. The molecule has 0 saturated heterocycles. The van der Waals surface area contributed by atoms with Crippen molar-refractivity contribution in [3.63, 3.8) is 0 Å². The van der Waals surface area contributed by atoms with Gasteiger partial charge in [-0.2, -0.15) is 0 Å². The van der Waals surface area contributed by atoms with Crippen LogP contribution >= 0.6 is 0 Å². The highest BCUT2D eigenvalue weighted by Gasteiger charge is 2.11. The van der Waals surface area contributed by atoms with Gasteiger partial charge in [-0.15, -0.1) is 0 Å². The van der Waals surface area contributed by atoms with E-state index in [9.17, 15) is 9.90 Å². The highest BCUT2D eigenvalue weighted by Crippen LogP contribution is 2.27. The van der Waals surface area contributed by atoms with Crippen molar-refractivity contribution in [2.75, 3.05) is 19.0 Å². The molecule has 0 aliphatic carbocycles. The molecule has 1 amide bonds. The van der Waals surface area contributed by atoms with Gasteiger partial charge in [-0.3, -0.25) is 14.8 Å². The highest BCUT2D eigenvalue weighted by atomic mass is 16.5. The molecule has 0 bridgehead atoms. The van der Waals surface area contributed by atoms with E-state index in [1.54, 1.807) is 24.7 Å². The summed E-state index contributed by atoms with van der Waals surface area (Å²) in [6, 6.07) is 5.59. The highest BCUT2D eigenvalue weighted by molar-refractivity contribution is 5.93. The van der Waals surface area contributed by atoms with Gasteiger partial charge in [0.1, 0.15) is 12.4 Å². The molecule has 3 rings (SSSR count). The zero-order chi connectivity index (χ0) is 19.4. The molecule has 3 aromatic rings. The lowest BCUT2D eigenvalue weighted by atomic mass is 10.0. The molecule has 0 saturated carbocycles. The van der Waals surface area contributed by atoms with Crippen LogP contribution in [0.3, 0.4) is 0 Å². The molecule has 7 nitrogen and oxygen atoms in total. The molecular formula is C20H22N4O3. The average molecular weight is 366 g/mol. The number of rotatable bonds is 6. The van der Waals surface area contributed by atoms with Crippen molar-refractivity contribution in [1.82, 2.24) is 15.0 Å². The maximum absolute atomic E-state index is 11.6. The normalized spacial score (nSPS) is 12.1. The van der Waals surface area contributed by atoms with Gasteiger partial charge in [-0.1, -0.05) is 6.92 Å². The lowest BCUT2D eigenvalue weighted by molar-refractivity contribution is -0.119. The number of methoxy groups -OCH3 is 1. The Hall–Kier alpha value is -2.90. The van der Waals surface area contributed by atoms with E-state index in [-0.39, 0.29) is 12.5 Å². The predicted octanol–water partition coefficient (Wildman–Crippen LogP) is 3.03. The van der Waals surface area contributed by atoms with E-state index in [1.165, 1.54) is 7.11 Å². The van der Waals surface area contributed by atoms with Crippen molar-refractivity contribution in [2.24, 2.45) is 0 Å². The van der Waals surface area contributed by atoms with Crippen molar-refractivity contribution in [3.05, 3.63) is 48.0 Å². The Morgan fingerprint density at radius 1 is 1.15 bits per heavy atom. The molecule has 3 heterocycles. The number of amides is 1. The van der Waals surface area contributed by atoms with E-state index >= 15 is 0 Å². The van der Waals surface area contributed by atoms with Gasteiger partial charge >= 0.3 is 0 Å². The molecule has 27 heavy (non-hydrogen) atoms. The Labute approximate surface area is 157 Å². The molecular weight excluding hydrogens is 344 g/mol. The van der Waals surface area contributed by atoms with Gasteiger partial charge in [0.2, 0.25) is 0 Å². The van der Waals surface area contributed by atoms with E-state index in [0.29, 0.717) is 17.9 Å². The lowest BCUT2D eigenvalue weighted by Crippen LogP contribution is -2.17. The fourth-order valence-electron chi connectivity index (χ4n) is 2.80. The van der Waals surface area contributed by atoms with Gasteiger partial charge in [0, 0.05) is 42.0 Å². The van der Waals surface area contributed by atoms with Crippen LogP contribution in [0.2, 0.25) is 0 Å². The van der Waals surface area contributed by atoms with Gasteiger partial charge in [-0.05, 0) is 37.1 Å². The molecule has 0 radical (unpaired) electrons. The van der Waals surface area contributed by atoms with E-state index in [0.717, 1.165) is 27.6 Å². The number of pyridine rings is 3. The summed E-state index contributed by atoms with van der Waals surface area (Å²) >= 11 is 0. The van der Waals surface area contributed by atoms with Gasteiger partial charge in [-0.25, -0.2) is 4.98 Å². The number of carbonyl (C=O) groups excluding carboxylic acids is 1. The number of aryl methyl sites for hydroxylation is 1. The van der Waals surface area contributed by atoms with Crippen LogP contribution in [0.1, 0.15) is 30.7 Å². The van der Waals surface area contributed by atoms with Gasteiger partial charge in [0.15, 0.2) is 0 Å². The summed E-state index contributed by atoms with van der Waals surface area (Å²) in [7, 11) is 1.46. The Kier molecular flexibility index (Phi) is 5.73. The van der Waals surface area contributed by atoms with Crippen molar-refractivity contribution >= 4 is 22.5 Å². The van der Waals surface area contributed by atoms with Crippen molar-refractivity contribution in [3.8, 4) is 11.3 Å². The molecule has 7 heteroatoms. The molecule has 1 atom stereocenters. The Morgan fingerprint density at radius 2 is 1.89 bits per heavy atom. The second-order valence-corrected chi connectivity index (χ2v) is 6.32. The van der Waals surface area contributed by atoms with Crippen LogP contribution in [0.25, 0.3) is 22.0 Å². The fraction of sp³-hybridized carbons (Fsp3) is 0.300.